The Hall–Kier alpha value is -3.93. The number of barbiturate groups is 1. The predicted molar refractivity (Wildman–Crippen MR) is 125 cm³/mol. The zero-order valence-electron chi connectivity index (χ0n) is 18.6. The van der Waals surface area contributed by atoms with Crippen LogP contribution in [-0.2, 0) is 16.0 Å². The normalized spacial score (nSPS) is 15.4. The van der Waals surface area contributed by atoms with E-state index in [9.17, 15) is 14.4 Å². The molecule has 6 nitrogen and oxygen atoms in total. The Morgan fingerprint density at radius 3 is 2.41 bits per heavy atom. The minimum atomic E-state index is -0.745. The Morgan fingerprint density at radius 2 is 1.69 bits per heavy atom. The first kappa shape index (κ1) is 21.3. The maximum atomic E-state index is 13.2. The molecule has 1 aliphatic heterocycles. The van der Waals surface area contributed by atoms with Crippen molar-refractivity contribution in [1.82, 2.24) is 9.88 Å². The summed E-state index contributed by atoms with van der Waals surface area (Å²) in [5, 5.41) is 2.29. The highest BCUT2D eigenvalue weighted by molar-refractivity contribution is 6.39. The quantitative estimate of drug-likeness (QED) is 0.487. The van der Waals surface area contributed by atoms with Crippen LogP contribution in [0.1, 0.15) is 35.0 Å². The SMILES string of the molecule is CCc1ccccc1-n1c(C)cc(C=C2C(=O)NC(=O)N(c3cccc(C)c3)C2=O)c1C. The van der Waals surface area contributed by atoms with Gasteiger partial charge in [-0.2, -0.15) is 0 Å². The molecule has 1 fully saturated rings. The third-order valence-electron chi connectivity index (χ3n) is 5.75. The largest absolute Gasteiger partial charge is 0.335 e. The van der Waals surface area contributed by atoms with Crippen molar-refractivity contribution < 1.29 is 14.4 Å². The third kappa shape index (κ3) is 3.64. The van der Waals surface area contributed by atoms with E-state index in [1.165, 1.54) is 5.56 Å². The van der Waals surface area contributed by atoms with Crippen LogP contribution in [0, 0.1) is 20.8 Å². The summed E-state index contributed by atoms with van der Waals surface area (Å²) in [6, 6.07) is 16.4. The summed E-state index contributed by atoms with van der Waals surface area (Å²) >= 11 is 0. The van der Waals surface area contributed by atoms with Crippen molar-refractivity contribution in [3.63, 3.8) is 0 Å². The molecule has 0 unspecified atom stereocenters. The van der Waals surface area contributed by atoms with Crippen LogP contribution in [0.5, 0.6) is 0 Å². The lowest BCUT2D eigenvalue weighted by molar-refractivity contribution is -0.122. The number of nitrogens with zero attached hydrogens (tertiary/aromatic N) is 2. The van der Waals surface area contributed by atoms with Crippen LogP contribution in [0.2, 0.25) is 0 Å². The highest BCUT2D eigenvalue weighted by Gasteiger charge is 2.37. The molecule has 32 heavy (non-hydrogen) atoms. The number of aryl methyl sites for hydroxylation is 3. The van der Waals surface area contributed by atoms with E-state index < -0.39 is 17.8 Å². The zero-order valence-corrected chi connectivity index (χ0v) is 18.6. The Kier molecular flexibility index (Phi) is 5.53. The second-order valence-electron chi connectivity index (χ2n) is 7.94. The molecule has 1 saturated heterocycles. The number of anilines is 1. The number of nitrogens with one attached hydrogen (secondary N) is 1. The monoisotopic (exact) mass is 427 g/mol. The highest BCUT2D eigenvalue weighted by Crippen LogP contribution is 2.27. The zero-order chi connectivity index (χ0) is 23.0. The number of benzene rings is 2. The molecular weight excluding hydrogens is 402 g/mol. The van der Waals surface area contributed by atoms with Crippen molar-refractivity contribution in [2.24, 2.45) is 0 Å². The van der Waals surface area contributed by atoms with E-state index in [1.807, 2.05) is 45.0 Å². The van der Waals surface area contributed by atoms with Crippen LogP contribution < -0.4 is 10.2 Å². The summed E-state index contributed by atoms with van der Waals surface area (Å²) in [6.45, 7) is 7.94. The van der Waals surface area contributed by atoms with Gasteiger partial charge in [0, 0.05) is 17.1 Å². The van der Waals surface area contributed by atoms with E-state index in [0.29, 0.717) is 5.69 Å². The van der Waals surface area contributed by atoms with E-state index in [0.717, 1.165) is 39.5 Å². The van der Waals surface area contributed by atoms with Gasteiger partial charge in [0.1, 0.15) is 5.57 Å². The van der Waals surface area contributed by atoms with Crippen molar-refractivity contribution >= 4 is 29.6 Å². The Labute approximate surface area is 187 Å². The molecule has 162 valence electrons. The van der Waals surface area contributed by atoms with E-state index in [-0.39, 0.29) is 5.57 Å². The minimum absolute atomic E-state index is 0.0740. The summed E-state index contributed by atoms with van der Waals surface area (Å²) in [5.41, 5.74) is 6.19. The molecule has 1 N–H and O–H groups in total. The molecule has 1 aliphatic rings. The van der Waals surface area contributed by atoms with Gasteiger partial charge in [0.15, 0.2) is 0 Å². The second-order valence-corrected chi connectivity index (χ2v) is 7.94. The molecule has 0 atom stereocenters. The number of aromatic nitrogens is 1. The van der Waals surface area contributed by atoms with E-state index >= 15 is 0 Å². The number of rotatable bonds is 4. The van der Waals surface area contributed by atoms with Gasteiger partial charge in [-0.15, -0.1) is 0 Å². The van der Waals surface area contributed by atoms with Gasteiger partial charge in [-0.05, 0) is 74.2 Å². The first-order valence-electron chi connectivity index (χ1n) is 10.6. The van der Waals surface area contributed by atoms with Gasteiger partial charge in [0.2, 0.25) is 0 Å². The van der Waals surface area contributed by atoms with Gasteiger partial charge in [-0.25, -0.2) is 9.69 Å². The summed E-state index contributed by atoms with van der Waals surface area (Å²) < 4.78 is 2.12. The first-order chi connectivity index (χ1) is 15.3. The molecule has 3 aromatic rings. The summed E-state index contributed by atoms with van der Waals surface area (Å²) in [6.07, 6.45) is 2.46. The van der Waals surface area contributed by atoms with Gasteiger partial charge in [0.05, 0.1) is 5.69 Å². The molecule has 2 aromatic carbocycles. The van der Waals surface area contributed by atoms with Crippen LogP contribution in [0.25, 0.3) is 11.8 Å². The van der Waals surface area contributed by atoms with Crippen molar-refractivity contribution in [2.45, 2.75) is 34.1 Å². The molecule has 0 bridgehead atoms. The molecule has 0 radical (unpaired) electrons. The summed E-state index contributed by atoms with van der Waals surface area (Å²) in [5.74, 6) is -1.33. The number of carbonyl (C=O) groups excluding carboxylic acids is 3. The standard InChI is InChI=1S/C26H25N3O3/c1-5-19-10-6-7-12-23(19)28-17(3)14-20(18(28)4)15-22-24(30)27-26(32)29(25(22)31)21-11-8-9-16(2)13-21/h6-15H,5H2,1-4H3,(H,27,30,32). The van der Waals surface area contributed by atoms with Gasteiger partial charge < -0.3 is 4.57 Å². The maximum absolute atomic E-state index is 13.2. The predicted octanol–water partition coefficient (Wildman–Crippen LogP) is 4.63. The average Bonchev–Trinajstić information content (AvgIpc) is 3.03. The average molecular weight is 428 g/mol. The molecule has 1 aromatic heterocycles. The van der Waals surface area contributed by atoms with Crippen LogP contribution in [0.15, 0.2) is 60.2 Å². The lowest BCUT2D eigenvalue weighted by Crippen LogP contribution is -2.54. The lowest BCUT2D eigenvalue weighted by Gasteiger charge is -2.26. The number of hydrogen-bond donors (Lipinski definition) is 1. The number of para-hydroxylation sites is 1. The smallest absolute Gasteiger partial charge is 0.318 e. The molecular formula is C26H25N3O3. The van der Waals surface area contributed by atoms with Crippen molar-refractivity contribution in [1.29, 1.82) is 0 Å². The Bertz CT molecular complexity index is 1280. The maximum Gasteiger partial charge on any atom is 0.335 e. The number of carbonyl (C=O) groups is 3. The number of imide groups is 2. The molecule has 6 heteroatoms. The van der Waals surface area contributed by atoms with Crippen molar-refractivity contribution in [3.8, 4) is 5.69 Å². The van der Waals surface area contributed by atoms with Gasteiger partial charge >= 0.3 is 6.03 Å². The van der Waals surface area contributed by atoms with Crippen LogP contribution in [-0.4, -0.2) is 22.4 Å². The van der Waals surface area contributed by atoms with Crippen LogP contribution >= 0.6 is 0 Å². The van der Waals surface area contributed by atoms with E-state index in [2.05, 4.69) is 28.9 Å². The van der Waals surface area contributed by atoms with Crippen molar-refractivity contribution in [2.75, 3.05) is 4.90 Å². The van der Waals surface area contributed by atoms with E-state index in [1.54, 1.807) is 24.3 Å². The summed E-state index contributed by atoms with van der Waals surface area (Å²) in [4.78, 5) is 39.2. The number of hydrogen-bond acceptors (Lipinski definition) is 3. The minimum Gasteiger partial charge on any atom is -0.318 e. The number of urea groups is 1. The second kappa shape index (κ2) is 8.30. The van der Waals surface area contributed by atoms with E-state index in [4.69, 9.17) is 0 Å². The molecule has 2 heterocycles. The Balaban J connectivity index is 1.79. The van der Waals surface area contributed by atoms with Gasteiger partial charge in [-0.3, -0.25) is 14.9 Å². The molecule has 0 saturated carbocycles. The van der Waals surface area contributed by atoms with Crippen LogP contribution in [0.4, 0.5) is 10.5 Å². The van der Waals surface area contributed by atoms with Crippen LogP contribution in [0.3, 0.4) is 0 Å². The fraction of sp³-hybridized carbons (Fsp3) is 0.192. The van der Waals surface area contributed by atoms with Gasteiger partial charge in [-0.1, -0.05) is 37.3 Å². The Morgan fingerprint density at radius 1 is 0.938 bits per heavy atom. The topological polar surface area (TPSA) is 71.4 Å². The fourth-order valence-corrected chi connectivity index (χ4v) is 4.15. The fourth-order valence-electron chi connectivity index (χ4n) is 4.15. The third-order valence-corrected chi connectivity index (χ3v) is 5.75. The lowest BCUT2D eigenvalue weighted by atomic mass is 10.1. The first-order valence-corrected chi connectivity index (χ1v) is 10.6. The molecule has 4 amide bonds. The molecule has 0 spiro atoms. The van der Waals surface area contributed by atoms with Crippen molar-refractivity contribution in [3.05, 3.63) is 88.2 Å². The van der Waals surface area contributed by atoms with Gasteiger partial charge in [0.25, 0.3) is 11.8 Å². The number of amides is 4. The summed E-state index contributed by atoms with van der Waals surface area (Å²) in [7, 11) is 0. The molecule has 0 aliphatic carbocycles. The highest BCUT2D eigenvalue weighted by atomic mass is 16.2. The molecule has 4 rings (SSSR count).